The first-order valence-corrected chi connectivity index (χ1v) is 8.83. The van der Waals surface area contributed by atoms with Gasteiger partial charge in [0, 0.05) is 5.69 Å². The van der Waals surface area contributed by atoms with Crippen LogP contribution in [-0.4, -0.2) is 41.0 Å². The van der Waals surface area contributed by atoms with E-state index in [0.29, 0.717) is 11.3 Å². The van der Waals surface area contributed by atoms with Gasteiger partial charge in [0.25, 0.3) is 0 Å². The summed E-state index contributed by atoms with van der Waals surface area (Å²) in [5.74, 6) is -1.31. The number of nitrogens with zero attached hydrogens (tertiary/aromatic N) is 3. The summed E-state index contributed by atoms with van der Waals surface area (Å²) in [6.07, 6.45) is 1.14. The Labute approximate surface area is 176 Å². The first kappa shape index (κ1) is 21.2. The third kappa shape index (κ3) is 4.72. The number of para-hydroxylation sites is 1. The highest BCUT2D eigenvalue weighted by atomic mass is 16.6. The van der Waals surface area contributed by atoms with E-state index >= 15 is 0 Å². The third-order valence-electron chi connectivity index (χ3n) is 4.16. The minimum atomic E-state index is -0.645. The second-order valence-corrected chi connectivity index (χ2v) is 6.03. The number of nitrogens with one attached hydrogen (secondary N) is 2. The molecule has 0 atom stereocenters. The van der Waals surface area contributed by atoms with Crippen LogP contribution in [-0.2, 0) is 9.47 Å². The van der Waals surface area contributed by atoms with E-state index in [1.165, 1.54) is 32.4 Å². The van der Waals surface area contributed by atoms with Crippen LogP contribution in [0.3, 0.4) is 0 Å². The number of methoxy groups -OCH3 is 2. The minimum Gasteiger partial charge on any atom is -0.465 e. The topological polar surface area (TPSA) is 146 Å². The Morgan fingerprint density at radius 2 is 1.52 bits per heavy atom. The SMILES string of the molecule is COC(=O)c1ccc(Nc2ncnc(Nc3ccccc3C(=O)OC)c2[N+](=O)[O-])cc1. The molecule has 0 aliphatic rings. The fraction of sp³-hybridized carbons (Fsp3) is 0.100. The number of rotatable bonds is 7. The van der Waals surface area contributed by atoms with E-state index in [9.17, 15) is 19.7 Å². The highest BCUT2D eigenvalue weighted by molar-refractivity contribution is 5.97. The van der Waals surface area contributed by atoms with Gasteiger partial charge in [-0.25, -0.2) is 19.6 Å². The van der Waals surface area contributed by atoms with Gasteiger partial charge in [-0.05, 0) is 36.4 Å². The molecule has 11 heteroatoms. The number of aromatic nitrogens is 2. The molecule has 1 aromatic heterocycles. The van der Waals surface area contributed by atoms with Crippen LogP contribution in [0.15, 0.2) is 54.9 Å². The van der Waals surface area contributed by atoms with Gasteiger partial charge in [-0.3, -0.25) is 10.1 Å². The largest absolute Gasteiger partial charge is 0.465 e. The quantitative estimate of drug-likeness (QED) is 0.329. The van der Waals surface area contributed by atoms with Crippen molar-refractivity contribution in [2.75, 3.05) is 24.9 Å². The third-order valence-corrected chi connectivity index (χ3v) is 4.16. The number of benzene rings is 2. The molecule has 0 amide bonds. The summed E-state index contributed by atoms with van der Waals surface area (Å²) < 4.78 is 9.38. The molecule has 0 unspecified atom stereocenters. The predicted molar refractivity (Wildman–Crippen MR) is 111 cm³/mol. The molecule has 158 valence electrons. The number of hydrogen-bond donors (Lipinski definition) is 2. The molecule has 1 heterocycles. The fourth-order valence-corrected chi connectivity index (χ4v) is 2.69. The molecule has 0 aliphatic carbocycles. The number of ether oxygens (including phenoxy) is 2. The molecule has 31 heavy (non-hydrogen) atoms. The standard InChI is InChI=1S/C20H17N5O6/c1-30-19(26)12-7-9-13(10-8-12)23-17-16(25(28)29)18(22-11-21-17)24-15-6-4-3-5-14(15)20(27)31-2/h3-11H,1-2H3,(H2,21,22,23,24). The maximum absolute atomic E-state index is 12.0. The molecular weight excluding hydrogens is 406 g/mol. The Kier molecular flexibility index (Phi) is 6.36. The summed E-state index contributed by atoms with van der Waals surface area (Å²) in [4.78, 5) is 42.6. The predicted octanol–water partition coefficient (Wildman–Crippen LogP) is 3.45. The maximum Gasteiger partial charge on any atom is 0.353 e. The Morgan fingerprint density at radius 1 is 0.903 bits per heavy atom. The summed E-state index contributed by atoms with van der Waals surface area (Å²) in [7, 11) is 2.51. The van der Waals surface area contributed by atoms with Crippen molar-refractivity contribution in [3.63, 3.8) is 0 Å². The Morgan fingerprint density at radius 3 is 2.13 bits per heavy atom. The van der Waals surface area contributed by atoms with Crippen molar-refractivity contribution in [2.45, 2.75) is 0 Å². The molecule has 2 aromatic carbocycles. The van der Waals surface area contributed by atoms with Gasteiger partial charge in [0.15, 0.2) is 0 Å². The number of esters is 2. The zero-order valence-corrected chi connectivity index (χ0v) is 16.5. The van der Waals surface area contributed by atoms with Crippen LogP contribution in [0.4, 0.5) is 28.7 Å². The van der Waals surface area contributed by atoms with Gasteiger partial charge in [0.2, 0.25) is 11.6 Å². The lowest BCUT2D eigenvalue weighted by atomic mass is 10.2. The Balaban J connectivity index is 1.95. The van der Waals surface area contributed by atoms with Crippen LogP contribution in [0.5, 0.6) is 0 Å². The average molecular weight is 423 g/mol. The molecule has 0 saturated carbocycles. The van der Waals surface area contributed by atoms with E-state index < -0.39 is 22.5 Å². The highest BCUT2D eigenvalue weighted by Crippen LogP contribution is 2.33. The summed E-state index contributed by atoms with van der Waals surface area (Å²) in [6.45, 7) is 0. The van der Waals surface area contributed by atoms with Crippen LogP contribution in [0.1, 0.15) is 20.7 Å². The van der Waals surface area contributed by atoms with E-state index in [0.717, 1.165) is 6.33 Å². The van der Waals surface area contributed by atoms with Crippen molar-refractivity contribution in [3.8, 4) is 0 Å². The molecule has 0 spiro atoms. The monoisotopic (exact) mass is 423 g/mol. The highest BCUT2D eigenvalue weighted by Gasteiger charge is 2.24. The fourth-order valence-electron chi connectivity index (χ4n) is 2.69. The molecular formula is C20H17N5O6. The first-order chi connectivity index (χ1) is 14.9. The number of hydrogen-bond acceptors (Lipinski definition) is 10. The summed E-state index contributed by atoms with van der Waals surface area (Å²) in [5.41, 5.74) is 0.817. The van der Waals surface area contributed by atoms with Crippen LogP contribution in [0.25, 0.3) is 0 Å². The smallest absolute Gasteiger partial charge is 0.353 e. The zero-order chi connectivity index (χ0) is 22.4. The minimum absolute atomic E-state index is 0.0798. The summed E-state index contributed by atoms with van der Waals surface area (Å²) in [6, 6.07) is 12.5. The average Bonchev–Trinajstić information content (AvgIpc) is 2.79. The van der Waals surface area contributed by atoms with Gasteiger partial charge in [-0.15, -0.1) is 0 Å². The number of carbonyl (C=O) groups excluding carboxylic acids is 2. The second kappa shape index (κ2) is 9.31. The number of nitro groups is 1. The number of anilines is 4. The van der Waals surface area contributed by atoms with Gasteiger partial charge in [0.05, 0.1) is 36.0 Å². The summed E-state index contributed by atoms with van der Waals surface area (Å²) >= 11 is 0. The van der Waals surface area contributed by atoms with E-state index in [2.05, 4.69) is 25.3 Å². The molecule has 3 aromatic rings. The van der Waals surface area contributed by atoms with Gasteiger partial charge in [-0.1, -0.05) is 12.1 Å². The molecule has 0 aliphatic heterocycles. The number of carbonyl (C=O) groups is 2. The van der Waals surface area contributed by atoms with Crippen LogP contribution in [0, 0.1) is 10.1 Å². The first-order valence-electron chi connectivity index (χ1n) is 8.83. The van der Waals surface area contributed by atoms with Crippen LogP contribution in [0.2, 0.25) is 0 Å². The van der Waals surface area contributed by atoms with E-state index in [1.54, 1.807) is 30.3 Å². The zero-order valence-electron chi connectivity index (χ0n) is 16.5. The lowest BCUT2D eigenvalue weighted by molar-refractivity contribution is -0.383. The van der Waals surface area contributed by atoms with Crippen LogP contribution < -0.4 is 10.6 Å². The normalized spacial score (nSPS) is 10.1. The Hall–Kier alpha value is -4.54. The molecule has 11 nitrogen and oxygen atoms in total. The lowest BCUT2D eigenvalue weighted by Crippen LogP contribution is -2.09. The van der Waals surface area contributed by atoms with Crippen molar-refractivity contribution in [3.05, 3.63) is 76.1 Å². The van der Waals surface area contributed by atoms with Gasteiger partial charge >= 0.3 is 17.6 Å². The van der Waals surface area contributed by atoms with Gasteiger partial charge in [-0.2, -0.15) is 0 Å². The van der Waals surface area contributed by atoms with E-state index in [-0.39, 0.29) is 22.9 Å². The van der Waals surface area contributed by atoms with Gasteiger partial charge in [0.1, 0.15) is 6.33 Å². The van der Waals surface area contributed by atoms with Gasteiger partial charge < -0.3 is 20.1 Å². The van der Waals surface area contributed by atoms with Crippen molar-refractivity contribution < 1.29 is 24.0 Å². The molecule has 0 radical (unpaired) electrons. The molecule has 3 rings (SSSR count). The molecule has 0 saturated heterocycles. The second-order valence-electron chi connectivity index (χ2n) is 6.03. The molecule has 2 N–H and O–H groups in total. The van der Waals surface area contributed by atoms with Crippen molar-refractivity contribution in [1.29, 1.82) is 0 Å². The lowest BCUT2D eigenvalue weighted by Gasteiger charge is -2.12. The Bertz CT molecular complexity index is 1130. The van der Waals surface area contributed by atoms with Crippen LogP contribution >= 0.6 is 0 Å². The molecule has 0 fully saturated rings. The molecule has 0 bridgehead atoms. The van der Waals surface area contributed by atoms with E-state index in [1.807, 2.05) is 0 Å². The summed E-state index contributed by atoms with van der Waals surface area (Å²) in [5, 5.41) is 17.4. The van der Waals surface area contributed by atoms with Crippen molar-refractivity contribution in [2.24, 2.45) is 0 Å². The maximum atomic E-state index is 12.0. The van der Waals surface area contributed by atoms with E-state index in [4.69, 9.17) is 4.74 Å². The van der Waals surface area contributed by atoms with Crippen molar-refractivity contribution in [1.82, 2.24) is 9.97 Å². The van der Waals surface area contributed by atoms with Crippen molar-refractivity contribution >= 4 is 40.6 Å².